The third-order valence-corrected chi connectivity index (χ3v) is 2.66. The fraction of sp³-hybridized carbons (Fsp3) is 0.417. The zero-order chi connectivity index (χ0) is 12.8. The van der Waals surface area contributed by atoms with Gasteiger partial charge in [-0.1, -0.05) is 23.2 Å². The van der Waals surface area contributed by atoms with Gasteiger partial charge in [-0.2, -0.15) is 0 Å². The second kappa shape index (κ2) is 6.72. The predicted octanol–water partition coefficient (Wildman–Crippen LogP) is 3.75. The molecule has 3 nitrogen and oxygen atoms in total. The van der Waals surface area contributed by atoms with E-state index < -0.39 is 0 Å². The number of esters is 1. The Morgan fingerprint density at radius 3 is 2.76 bits per heavy atom. The van der Waals surface area contributed by atoms with Crippen molar-refractivity contribution in [3.05, 3.63) is 28.2 Å². The summed E-state index contributed by atoms with van der Waals surface area (Å²) in [6.45, 7) is 4.07. The second-order valence-corrected chi connectivity index (χ2v) is 4.52. The Balaban J connectivity index is 2.55. The van der Waals surface area contributed by atoms with Gasteiger partial charge in [0.25, 0.3) is 0 Å². The molecule has 17 heavy (non-hydrogen) atoms. The molecule has 0 saturated carbocycles. The molecule has 0 heterocycles. The first-order chi connectivity index (χ1) is 8.02. The standard InChI is InChI=1S/C12H15Cl2NO2/c1-3-17-12(16)6-8(2)15-11-5-4-9(13)7-10(11)14/h4-5,7-8,15H,3,6H2,1-2H3. The number of anilines is 1. The maximum absolute atomic E-state index is 11.3. The van der Waals surface area contributed by atoms with Gasteiger partial charge < -0.3 is 10.1 Å². The SMILES string of the molecule is CCOC(=O)CC(C)Nc1ccc(Cl)cc1Cl. The summed E-state index contributed by atoms with van der Waals surface area (Å²) < 4.78 is 4.87. The predicted molar refractivity (Wildman–Crippen MR) is 70.8 cm³/mol. The normalized spacial score (nSPS) is 12.0. The number of ether oxygens (including phenoxy) is 1. The highest BCUT2D eigenvalue weighted by Gasteiger charge is 2.11. The lowest BCUT2D eigenvalue weighted by atomic mass is 10.2. The summed E-state index contributed by atoms with van der Waals surface area (Å²) >= 11 is 11.8. The van der Waals surface area contributed by atoms with Gasteiger partial charge in [0.1, 0.15) is 0 Å². The number of hydrogen-bond donors (Lipinski definition) is 1. The van der Waals surface area contributed by atoms with Crippen molar-refractivity contribution < 1.29 is 9.53 Å². The minimum Gasteiger partial charge on any atom is -0.466 e. The van der Waals surface area contributed by atoms with E-state index >= 15 is 0 Å². The van der Waals surface area contributed by atoms with Crippen molar-refractivity contribution in [1.82, 2.24) is 0 Å². The van der Waals surface area contributed by atoms with Crippen molar-refractivity contribution in [2.45, 2.75) is 26.3 Å². The van der Waals surface area contributed by atoms with Crippen molar-refractivity contribution in [2.75, 3.05) is 11.9 Å². The van der Waals surface area contributed by atoms with Crippen LogP contribution < -0.4 is 5.32 Å². The van der Waals surface area contributed by atoms with Crippen LogP contribution in [-0.2, 0) is 9.53 Å². The van der Waals surface area contributed by atoms with Crippen molar-refractivity contribution in [1.29, 1.82) is 0 Å². The van der Waals surface area contributed by atoms with Gasteiger partial charge in [0.2, 0.25) is 0 Å². The molecule has 1 rings (SSSR count). The first-order valence-electron chi connectivity index (χ1n) is 5.40. The zero-order valence-corrected chi connectivity index (χ0v) is 11.3. The van der Waals surface area contributed by atoms with Gasteiger partial charge in [-0.15, -0.1) is 0 Å². The molecule has 1 N–H and O–H groups in total. The fourth-order valence-corrected chi connectivity index (χ4v) is 1.86. The smallest absolute Gasteiger partial charge is 0.307 e. The van der Waals surface area contributed by atoms with Crippen molar-refractivity contribution in [2.24, 2.45) is 0 Å². The van der Waals surface area contributed by atoms with Gasteiger partial charge in [-0.25, -0.2) is 0 Å². The van der Waals surface area contributed by atoms with Crippen LogP contribution in [-0.4, -0.2) is 18.6 Å². The number of rotatable bonds is 5. The third-order valence-electron chi connectivity index (χ3n) is 2.11. The molecule has 0 spiro atoms. The van der Waals surface area contributed by atoms with E-state index in [0.29, 0.717) is 23.1 Å². The molecule has 1 aromatic carbocycles. The minimum absolute atomic E-state index is 0.0484. The van der Waals surface area contributed by atoms with E-state index in [9.17, 15) is 4.79 Å². The van der Waals surface area contributed by atoms with Crippen molar-refractivity contribution in [3.8, 4) is 0 Å². The van der Waals surface area contributed by atoms with E-state index in [-0.39, 0.29) is 12.0 Å². The molecule has 0 aliphatic heterocycles. The van der Waals surface area contributed by atoms with Gasteiger partial charge in [0.05, 0.1) is 23.7 Å². The fourth-order valence-electron chi connectivity index (χ4n) is 1.39. The number of hydrogen-bond acceptors (Lipinski definition) is 3. The van der Waals surface area contributed by atoms with Crippen LogP contribution >= 0.6 is 23.2 Å². The molecule has 0 radical (unpaired) electrons. The second-order valence-electron chi connectivity index (χ2n) is 3.68. The van der Waals surface area contributed by atoms with E-state index in [1.54, 1.807) is 25.1 Å². The number of benzene rings is 1. The highest BCUT2D eigenvalue weighted by atomic mass is 35.5. The molecular formula is C12H15Cl2NO2. The average Bonchev–Trinajstić information content (AvgIpc) is 2.22. The summed E-state index contributed by atoms with van der Waals surface area (Å²) in [5.74, 6) is -0.224. The largest absolute Gasteiger partial charge is 0.466 e. The molecular weight excluding hydrogens is 261 g/mol. The maximum Gasteiger partial charge on any atom is 0.307 e. The van der Waals surface area contributed by atoms with Crippen LogP contribution in [0.15, 0.2) is 18.2 Å². The van der Waals surface area contributed by atoms with Crippen molar-refractivity contribution >= 4 is 34.9 Å². The molecule has 0 aliphatic carbocycles. The van der Waals surface area contributed by atoms with Gasteiger partial charge in [-0.05, 0) is 32.0 Å². The Hall–Kier alpha value is -0.930. The molecule has 1 aromatic rings. The van der Waals surface area contributed by atoms with E-state index in [1.807, 2.05) is 6.92 Å². The molecule has 0 amide bonds. The topological polar surface area (TPSA) is 38.3 Å². The molecule has 1 atom stereocenters. The molecule has 0 aliphatic rings. The van der Waals surface area contributed by atoms with E-state index in [1.165, 1.54) is 0 Å². The van der Waals surface area contributed by atoms with E-state index in [4.69, 9.17) is 27.9 Å². The number of nitrogens with one attached hydrogen (secondary N) is 1. The zero-order valence-electron chi connectivity index (χ0n) is 9.80. The molecule has 1 unspecified atom stereocenters. The van der Waals surface area contributed by atoms with Crippen molar-refractivity contribution in [3.63, 3.8) is 0 Å². The lowest BCUT2D eigenvalue weighted by Gasteiger charge is -2.15. The summed E-state index contributed by atoms with van der Waals surface area (Å²) in [6.07, 6.45) is 0.298. The Labute approximate surface area is 111 Å². The molecule has 5 heteroatoms. The van der Waals surface area contributed by atoms with Crippen LogP contribution in [0, 0.1) is 0 Å². The summed E-state index contributed by atoms with van der Waals surface area (Å²) in [5.41, 5.74) is 0.757. The average molecular weight is 276 g/mol. The maximum atomic E-state index is 11.3. The van der Waals surface area contributed by atoms with Gasteiger partial charge in [-0.3, -0.25) is 4.79 Å². The van der Waals surface area contributed by atoms with Crippen LogP contribution in [0.3, 0.4) is 0 Å². The highest BCUT2D eigenvalue weighted by Crippen LogP contribution is 2.26. The monoisotopic (exact) mass is 275 g/mol. The number of carbonyl (C=O) groups excluding carboxylic acids is 1. The molecule has 0 fully saturated rings. The molecule has 0 bridgehead atoms. The first-order valence-corrected chi connectivity index (χ1v) is 6.15. The number of carbonyl (C=O) groups is 1. The van der Waals surface area contributed by atoms with E-state index in [0.717, 1.165) is 5.69 Å². The lowest BCUT2D eigenvalue weighted by Crippen LogP contribution is -2.21. The molecule has 0 aromatic heterocycles. The Morgan fingerprint density at radius 1 is 1.47 bits per heavy atom. The van der Waals surface area contributed by atoms with Crippen LogP contribution in [0.25, 0.3) is 0 Å². The van der Waals surface area contributed by atoms with Crippen LogP contribution in [0.2, 0.25) is 10.0 Å². The minimum atomic E-state index is -0.224. The summed E-state index contributed by atoms with van der Waals surface area (Å²) in [6, 6.07) is 5.13. The van der Waals surface area contributed by atoms with Crippen LogP contribution in [0.1, 0.15) is 20.3 Å². The van der Waals surface area contributed by atoms with E-state index in [2.05, 4.69) is 5.32 Å². The summed E-state index contributed by atoms with van der Waals surface area (Å²) in [7, 11) is 0. The van der Waals surface area contributed by atoms with Gasteiger partial charge in [0.15, 0.2) is 0 Å². The van der Waals surface area contributed by atoms with Gasteiger partial charge >= 0.3 is 5.97 Å². The first kappa shape index (κ1) is 14.1. The van der Waals surface area contributed by atoms with Crippen LogP contribution in [0.5, 0.6) is 0 Å². The summed E-state index contributed by atoms with van der Waals surface area (Å²) in [5, 5.41) is 4.25. The Kier molecular flexibility index (Phi) is 5.59. The molecule has 94 valence electrons. The van der Waals surface area contributed by atoms with Crippen LogP contribution in [0.4, 0.5) is 5.69 Å². The highest BCUT2D eigenvalue weighted by molar-refractivity contribution is 6.36. The Bertz CT molecular complexity index is 396. The lowest BCUT2D eigenvalue weighted by molar-refractivity contribution is -0.143. The van der Waals surface area contributed by atoms with Gasteiger partial charge in [0, 0.05) is 11.1 Å². The quantitative estimate of drug-likeness (QED) is 0.832. The Morgan fingerprint density at radius 2 is 2.18 bits per heavy atom. The molecule has 0 saturated heterocycles. The summed E-state index contributed by atoms with van der Waals surface area (Å²) in [4.78, 5) is 11.3. The number of halogens is 2. The third kappa shape index (κ3) is 4.84.